The SMILES string of the molecule is O=C1NN(c2ccccc2)C(=O)/C1=C\c1ccc(Br)s1. The Kier molecular flexibility index (Phi) is 3.42. The van der Waals surface area contributed by atoms with Gasteiger partial charge in [0.1, 0.15) is 5.57 Å². The van der Waals surface area contributed by atoms with Gasteiger partial charge in [-0.1, -0.05) is 18.2 Å². The molecule has 1 fully saturated rings. The summed E-state index contributed by atoms with van der Waals surface area (Å²) in [5, 5.41) is 1.26. The van der Waals surface area contributed by atoms with Gasteiger partial charge in [-0.05, 0) is 46.3 Å². The van der Waals surface area contributed by atoms with Gasteiger partial charge in [-0.15, -0.1) is 11.3 Å². The van der Waals surface area contributed by atoms with Crippen LogP contribution < -0.4 is 10.4 Å². The van der Waals surface area contributed by atoms with Crippen molar-refractivity contribution in [3.63, 3.8) is 0 Å². The molecule has 2 aromatic rings. The number of thiophene rings is 1. The minimum Gasteiger partial charge on any atom is -0.267 e. The zero-order chi connectivity index (χ0) is 14.1. The molecular formula is C14H9BrN2O2S. The van der Waals surface area contributed by atoms with Gasteiger partial charge in [0.25, 0.3) is 11.8 Å². The molecule has 3 rings (SSSR count). The molecule has 20 heavy (non-hydrogen) atoms. The summed E-state index contributed by atoms with van der Waals surface area (Å²) in [5.41, 5.74) is 3.35. The van der Waals surface area contributed by atoms with E-state index in [1.807, 2.05) is 30.3 Å². The van der Waals surface area contributed by atoms with Crippen LogP contribution in [-0.2, 0) is 9.59 Å². The van der Waals surface area contributed by atoms with Crippen molar-refractivity contribution in [2.24, 2.45) is 0 Å². The molecule has 6 heteroatoms. The molecule has 1 saturated heterocycles. The van der Waals surface area contributed by atoms with Crippen molar-refractivity contribution in [2.45, 2.75) is 0 Å². The highest BCUT2D eigenvalue weighted by molar-refractivity contribution is 9.11. The van der Waals surface area contributed by atoms with Crippen LogP contribution in [0, 0.1) is 0 Å². The Hall–Kier alpha value is -1.92. The molecule has 0 saturated carbocycles. The molecule has 0 bridgehead atoms. The molecular weight excluding hydrogens is 340 g/mol. The lowest BCUT2D eigenvalue weighted by molar-refractivity contribution is -0.117. The fourth-order valence-electron chi connectivity index (χ4n) is 1.86. The van der Waals surface area contributed by atoms with E-state index in [1.165, 1.54) is 16.3 Å². The first-order valence-electron chi connectivity index (χ1n) is 5.83. The van der Waals surface area contributed by atoms with Crippen molar-refractivity contribution in [3.8, 4) is 0 Å². The summed E-state index contributed by atoms with van der Waals surface area (Å²) in [6.45, 7) is 0. The average molecular weight is 349 g/mol. The number of halogens is 1. The van der Waals surface area contributed by atoms with Crippen LogP contribution in [0.5, 0.6) is 0 Å². The second kappa shape index (κ2) is 5.22. The lowest BCUT2D eigenvalue weighted by atomic mass is 10.2. The number of hydrogen-bond acceptors (Lipinski definition) is 3. The van der Waals surface area contributed by atoms with E-state index in [0.717, 1.165) is 8.66 Å². The standard InChI is InChI=1S/C14H9BrN2O2S/c15-12-7-6-10(20-12)8-11-13(18)16-17(14(11)19)9-4-2-1-3-5-9/h1-8H,(H,16,18)/b11-8-. The van der Waals surface area contributed by atoms with Crippen molar-refractivity contribution in [3.05, 3.63) is 56.7 Å². The molecule has 2 amide bonds. The highest BCUT2D eigenvalue weighted by Gasteiger charge is 2.34. The first-order valence-corrected chi connectivity index (χ1v) is 7.43. The molecule has 0 spiro atoms. The molecule has 4 nitrogen and oxygen atoms in total. The van der Waals surface area contributed by atoms with Crippen LogP contribution in [0.1, 0.15) is 4.88 Å². The number of nitrogens with zero attached hydrogens (tertiary/aromatic N) is 1. The number of anilines is 1. The normalized spacial score (nSPS) is 16.9. The van der Waals surface area contributed by atoms with Crippen molar-refractivity contribution in [1.29, 1.82) is 0 Å². The first kappa shape index (κ1) is 13.1. The van der Waals surface area contributed by atoms with E-state index in [9.17, 15) is 9.59 Å². The van der Waals surface area contributed by atoms with Crippen LogP contribution in [0.2, 0.25) is 0 Å². The Bertz CT molecular complexity index is 709. The summed E-state index contributed by atoms with van der Waals surface area (Å²) in [4.78, 5) is 25.1. The fraction of sp³-hybridized carbons (Fsp3) is 0. The summed E-state index contributed by atoms with van der Waals surface area (Å²) in [6.07, 6.45) is 1.61. The predicted molar refractivity (Wildman–Crippen MR) is 82.1 cm³/mol. The molecule has 100 valence electrons. The number of rotatable bonds is 2. The van der Waals surface area contributed by atoms with E-state index in [2.05, 4.69) is 21.4 Å². The summed E-state index contributed by atoms with van der Waals surface area (Å²) in [6, 6.07) is 12.7. The van der Waals surface area contributed by atoms with E-state index < -0.39 is 0 Å². The van der Waals surface area contributed by atoms with Crippen LogP contribution in [0.3, 0.4) is 0 Å². The Morgan fingerprint density at radius 2 is 1.85 bits per heavy atom. The van der Waals surface area contributed by atoms with Gasteiger partial charge in [-0.3, -0.25) is 15.0 Å². The largest absolute Gasteiger partial charge is 0.282 e. The van der Waals surface area contributed by atoms with E-state index >= 15 is 0 Å². The molecule has 1 aromatic carbocycles. The van der Waals surface area contributed by atoms with E-state index in [0.29, 0.717) is 5.69 Å². The second-order valence-corrected chi connectivity index (χ2v) is 6.61. The molecule has 1 N–H and O–H groups in total. The minimum absolute atomic E-state index is 0.142. The maximum absolute atomic E-state index is 12.3. The number of para-hydroxylation sites is 1. The van der Waals surface area contributed by atoms with Crippen molar-refractivity contribution in [2.75, 3.05) is 5.01 Å². The van der Waals surface area contributed by atoms with E-state index in [1.54, 1.807) is 18.2 Å². The van der Waals surface area contributed by atoms with Gasteiger partial charge in [0.15, 0.2) is 0 Å². The van der Waals surface area contributed by atoms with Crippen molar-refractivity contribution < 1.29 is 9.59 Å². The Balaban J connectivity index is 1.93. The quantitative estimate of drug-likeness (QED) is 0.669. The number of nitrogens with one attached hydrogen (secondary N) is 1. The number of benzene rings is 1. The van der Waals surface area contributed by atoms with E-state index in [4.69, 9.17) is 0 Å². The first-order chi connectivity index (χ1) is 9.65. The third-order valence-corrected chi connectivity index (χ3v) is 4.36. The topological polar surface area (TPSA) is 49.4 Å². The molecule has 1 aliphatic heterocycles. The second-order valence-electron chi connectivity index (χ2n) is 4.12. The average Bonchev–Trinajstić information content (AvgIpc) is 2.98. The van der Waals surface area contributed by atoms with Gasteiger partial charge in [0.2, 0.25) is 0 Å². The molecule has 0 aliphatic carbocycles. The maximum atomic E-state index is 12.3. The summed E-state index contributed by atoms with van der Waals surface area (Å²) in [5.74, 6) is -0.728. The molecule has 1 aliphatic rings. The maximum Gasteiger partial charge on any atom is 0.282 e. The molecule has 0 atom stereocenters. The zero-order valence-electron chi connectivity index (χ0n) is 10.2. The van der Waals surface area contributed by atoms with Gasteiger partial charge >= 0.3 is 0 Å². The van der Waals surface area contributed by atoms with Crippen molar-refractivity contribution >= 4 is 50.8 Å². The molecule has 1 aromatic heterocycles. The van der Waals surface area contributed by atoms with Gasteiger partial charge in [0.05, 0.1) is 9.47 Å². The van der Waals surface area contributed by atoms with Gasteiger partial charge < -0.3 is 0 Å². The number of carbonyl (C=O) groups is 2. The van der Waals surface area contributed by atoms with Gasteiger partial charge in [-0.2, -0.15) is 0 Å². The lowest BCUT2D eigenvalue weighted by Crippen LogP contribution is -2.35. The summed E-state index contributed by atoms with van der Waals surface area (Å²) in [7, 11) is 0. The number of hydrogen-bond donors (Lipinski definition) is 1. The third kappa shape index (κ3) is 2.39. The van der Waals surface area contributed by atoms with Crippen molar-refractivity contribution in [1.82, 2.24) is 5.43 Å². The van der Waals surface area contributed by atoms with Gasteiger partial charge in [-0.25, -0.2) is 5.01 Å². The molecule has 2 heterocycles. The summed E-state index contributed by atoms with van der Waals surface area (Å²) < 4.78 is 0.954. The minimum atomic E-state index is -0.386. The van der Waals surface area contributed by atoms with Crippen LogP contribution in [-0.4, -0.2) is 11.8 Å². The highest BCUT2D eigenvalue weighted by Crippen LogP contribution is 2.26. The van der Waals surface area contributed by atoms with Crippen LogP contribution in [0.25, 0.3) is 6.08 Å². The highest BCUT2D eigenvalue weighted by atomic mass is 79.9. The molecule has 0 radical (unpaired) electrons. The summed E-state index contributed by atoms with van der Waals surface area (Å²) >= 11 is 4.82. The van der Waals surface area contributed by atoms with Crippen LogP contribution in [0.15, 0.2) is 51.8 Å². The van der Waals surface area contributed by atoms with Crippen LogP contribution in [0.4, 0.5) is 5.69 Å². The van der Waals surface area contributed by atoms with Gasteiger partial charge in [0, 0.05) is 4.88 Å². The third-order valence-electron chi connectivity index (χ3n) is 2.79. The Morgan fingerprint density at radius 3 is 2.50 bits per heavy atom. The van der Waals surface area contributed by atoms with Crippen LogP contribution >= 0.6 is 27.3 Å². The Morgan fingerprint density at radius 1 is 1.10 bits per heavy atom. The fourth-order valence-corrected chi connectivity index (χ4v) is 3.23. The zero-order valence-corrected chi connectivity index (χ0v) is 12.6. The monoisotopic (exact) mass is 348 g/mol. The van der Waals surface area contributed by atoms with E-state index in [-0.39, 0.29) is 17.4 Å². The number of amides is 2. The smallest absolute Gasteiger partial charge is 0.267 e. The Labute approximate surface area is 127 Å². The predicted octanol–water partition coefficient (Wildman–Crippen LogP) is 2.97. The number of carbonyl (C=O) groups excluding carboxylic acids is 2. The molecule has 0 unspecified atom stereocenters. The lowest BCUT2D eigenvalue weighted by Gasteiger charge is -2.13. The number of hydrazine groups is 1.